The lowest BCUT2D eigenvalue weighted by atomic mass is 9.94. The molecular weight excluding hydrogens is 382 g/mol. The minimum atomic E-state index is -1.20. The molecule has 1 aliphatic heterocycles. The number of ether oxygens (including phenoxy) is 5. The van der Waals surface area contributed by atoms with E-state index >= 15 is 0 Å². The van der Waals surface area contributed by atoms with Crippen LogP contribution < -0.4 is 0 Å². The Bertz CT molecular complexity index is 631. The van der Waals surface area contributed by atoms with Crippen molar-refractivity contribution >= 4 is 41.3 Å². The van der Waals surface area contributed by atoms with Crippen molar-refractivity contribution in [3.63, 3.8) is 0 Å². The molecule has 0 aromatic carbocycles. The van der Waals surface area contributed by atoms with Crippen LogP contribution in [0.25, 0.3) is 0 Å². The van der Waals surface area contributed by atoms with Gasteiger partial charge in [0.05, 0.1) is 11.7 Å². The molecule has 0 amide bonds. The number of nitrogens with zero attached hydrogens (tertiary/aromatic N) is 1. The van der Waals surface area contributed by atoms with Crippen LogP contribution in [0.5, 0.6) is 0 Å². The average Bonchev–Trinajstić information content (AvgIpc) is 2.54. The summed E-state index contributed by atoms with van der Waals surface area (Å²) in [5, 5.41) is 2.16. The van der Waals surface area contributed by atoms with Gasteiger partial charge in [0, 0.05) is 27.7 Å². The van der Waals surface area contributed by atoms with Crippen LogP contribution >= 0.6 is 12.2 Å². The van der Waals surface area contributed by atoms with E-state index in [1.165, 1.54) is 6.92 Å². The maximum absolute atomic E-state index is 11.6. The van der Waals surface area contributed by atoms with Gasteiger partial charge in [-0.2, -0.15) is 0 Å². The number of hydrogen-bond donors (Lipinski definition) is 0. The summed E-state index contributed by atoms with van der Waals surface area (Å²) in [6.45, 7) is 4.31. The van der Waals surface area contributed by atoms with Gasteiger partial charge in [-0.25, -0.2) is 4.99 Å². The normalized spacial score (nSPS) is 26.9. The largest absolute Gasteiger partial charge is 0.463 e. The maximum Gasteiger partial charge on any atom is 0.303 e. The average molecular weight is 403 g/mol. The molecule has 1 saturated heterocycles. The Morgan fingerprint density at radius 1 is 0.852 bits per heavy atom. The van der Waals surface area contributed by atoms with Crippen LogP contribution in [-0.2, 0) is 42.9 Å². The van der Waals surface area contributed by atoms with Gasteiger partial charge in [0.1, 0.15) is 18.8 Å². The van der Waals surface area contributed by atoms with Crippen LogP contribution in [0, 0.1) is 0 Å². The molecule has 0 N–H and O–H groups in total. The topological polar surface area (TPSA) is 127 Å². The van der Waals surface area contributed by atoms with Crippen LogP contribution in [0.1, 0.15) is 27.7 Å². The third-order valence-corrected chi connectivity index (χ3v) is 3.55. The summed E-state index contributed by atoms with van der Waals surface area (Å²) in [7, 11) is 0. The molecule has 11 heteroatoms. The van der Waals surface area contributed by atoms with Crippen molar-refractivity contribution in [1.82, 2.24) is 0 Å². The number of esters is 4. The van der Waals surface area contributed by atoms with Crippen LogP contribution in [0.3, 0.4) is 0 Å². The predicted molar refractivity (Wildman–Crippen MR) is 91.8 cm³/mol. The highest BCUT2D eigenvalue weighted by molar-refractivity contribution is 7.78. The summed E-state index contributed by atoms with van der Waals surface area (Å²) >= 11 is 4.54. The molecule has 1 rings (SSSR count). The van der Waals surface area contributed by atoms with Gasteiger partial charge < -0.3 is 23.7 Å². The Balaban J connectivity index is 3.28. The van der Waals surface area contributed by atoms with Gasteiger partial charge in [-0.1, -0.05) is 0 Å². The fraction of sp³-hybridized carbons (Fsp3) is 0.688. The number of hydrogen-bond acceptors (Lipinski definition) is 11. The summed E-state index contributed by atoms with van der Waals surface area (Å²) in [5.41, 5.74) is 0. The van der Waals surface area contributed by atoms with E-state index in [4.69, 9.17) is 23.7 Å². The van der Waals surface area contributed by atoms with E-state index < -0.39 is 54.4 Å². The lowest BCUT2D eigenvalue weighted by Gasteiger charge is -2.44. The van der Waals surface area contributed by atoms with Crippen molar-refractivity contribution in [2.24, 2.45) is 4.99 Å². The lowest BCUT2D eigenvalue weighted by molar-refractivity contribution is -0.250. The van der Waals surface area contributed by atoms with Gasteiger partial charge in [0.2, 0.25) is 0 Å². The summed E-state index contributed by atoms with van der Waals surface area (Å²) in [4.78, 5) is 49.6. The smallest absolute Gasteiger partial charge is 0.303 e. The lowest BCUT2D eigenvalue weighted by Crippen LogP contribution is -2.63. The first-order valence-corrected chi connectivity index (χ1v) is 8.40. The number of aliphatic imine (C=N–C) groups is 1. The zero-order valence-electron chi connectivity index (χ0n) is 15.3. The second-order valence-corrected chi connectivity index (χ2v) is 5.85. The first kappa shape index (κ1) is 22.7. The number of thiocarbonyl (C=S) groups is 1. The summed E-state index contributed by atoms with van der Waals surface area (Å²) < 4.78 is 26.4. The molecule has 0 saturated carbocycles. The fourth-order valence-electron chi connectivity index (χ4n) is 2.59. The van der Waals surface area contributed by atoms with Gasteiger partial charge >= 0.3 is 23.9 Å². The minimum absolute atomic E-state index is 0.0669. The molecule has 0 aliphatic carbocycles. The third-order valence-electron chi connectivity index (χ3n) is 3.42. The van der Waals surface area contributed by atoms with Gasteiger partial charge in [-0.3, -0.25) is 19.2 Å². The second-order valence-electron chi connectivity index (χ2n) is 5.67. The molecule has 0 aromatic rings. The van der Waals surface area contributed by atoms with Crippen LogP contribution in [0.2, 0.25) is 0 Å². The highest BCUT2D eigenvalue weighted by Gasteiger charge is 2.51. The van der Waals surface area contributed by atoms with Crippen molar-refractivity contribution < 1.29 is 42.9 Å². The third kappa shape index (κ3) is 7.41. The Kier molecular flexibility index (Phi) is 8.99. The summed E-state index contributed by atoms with van der Waals surface area (Å²) in [6, 6.07) is 0. The Morgan fingerprint density at radius 2 is 1.33 bits per heavy atom. The monoisotopic (exact) mass is 403 g/mol. The molecule has 27 heavy (non-hydrogen) atoms. The second kappa shape index (κ2) is 10.7. The Morgan fingerprint density at radius 3 is 1.78 bits per heavy atom. The van der Waals surface area contributed by atoms with Gasteiger partial charge in [0.15, 0.2) is 18.3 Å². The molecule has 0 unspecified atom stereocenters. The highest BCUT2D eigenvalue weighted by atomic mass is 32.1. The standard InChI is InChI=1S/C16H21NO9S/c1-8(18)22-6-13-15(24-10(3)20)16(25-11(4)21)14(23-9(2)19)12(26-13)5-17-7-27/h12-16H,5-6H2,1-4H3/t12-,13-,14-,15-,16-/m1/s1. The molecule has 0 aromatic heterocycles. The molecular formula is C16H21NO9S. The number of isothiocyanates is 1. The van der Waals surface area contributed by atoms with Crippen molar-refractivity contribution in [2.45, 2.75) is 58.2 Å². The number of rotatable bonds is 7. The molecule has 1 heterocycles. The predicted octanol–water partition coefficient (Wildman–Crippen LogP) is 0.215. The van der Waals surface area contributed by atoms with E-state index in [1.807, 2.05) is 0 Å². The Labute approximate surface area is 161 Å². The van der Waals surface area contributed by atoms with E-state index in [0.29, 0.717) is 0 Å². The van der Waals surface area contributed by atoms with Crippen molar-refractivity contribution in [3.05, 3.63) is 0 Å². The van der Waals surface area contributed by atoms with Crippen molar-refractivity contribution in [3.8, 4) is 0 Å². The molecule has 1 fully saturated rings. The first-order valence-electron chi connectivity index (χ1n) is 7.99. The van der Waals surface area contributed by atoms with Crippen LogP contribution in [-0.4, -0.2) is 72.7 Å². The zero-order valence-corrected chi connectivity index (χ0v) is 16.1. The zero-order chi connectivity index (χ0) is 20.6. The highest BCUT2D eigenvalue weighted by Crippen LogP contribution is 2.29. The molecule has 150 valence electrons. The molecule has 0 spiro atoms. The van der Waals surface area contributed by atoms with Crippen LogP contribution in [0.4, 0.5) is 0 Å². The van der Waals surface area contributed by atoms with E-state index in [-0.39, 0.29) is 13.2 Å². The molecule has 1 aliphatic rings. The quantitative estimate of drug-likeness (QED) is 0.252. The molecule has 0 radical (unpaired) electrons. The summed E-state index contributed by atoms with van der Waals surface area (Å²) in [6.07, 6.45) is -5.39. The molecule has 0 bridgehead atoms. The van der Waals surface area contributed by atoms with E-state index in [1.54, 1.807) is 0 Å². The van der Waals surface area contributed by atoms with Gasteiger partial charge in [-0.05, 0) is 12.2 Å². The molecule has 5 atom stereocenters. The Hall–Kier alpha value is -2.36. The van der Waals surface area contributed by atoms with E-state index in [0.717, 1.165) is 20.8 Å². The first-order chi connectivity index (χ1) is 12.6. The SMILES string of the molecule is CC(=O)OC[C@H]1O[C@H](CN=C=S)[C@@H](OC(C)=O)[C@@H](OC(C)=O)[C@@H]1OC(C)=O. The summed E-state index contributed by atoms with van der Waals surface area (Å²) in [5.74, 6) is -2.64. The number of carbonyl (C=O) groups excluding carboxylic acids is 4. The minimum Gasteiger partial charge on any atom is -0.463 e. The van der Waals surface area contributed by atoms with Crippen LogP contribution in [0.15, 0.2) is 4.99 Å². The fourth-order valence-corrected chi connectivity index (χ4v) is 2.67. The molecule has 10 nitrogen and oxygen atoms in total. The van der Waals surface area contributed by atoms with Gasteiger partial charge in [-0.15, -0.1) is 0 Å². The van der Waals surface area contributed by atoms with E-state index in [2.05, 4.69) is 22.4 Å². The number of carbonyl (C=O) groups is 4. The van der Waals surface area contributed by atoms with Crippen molar-refractivity contribution in [2.75, 3.05) is 13.2 Å². The van der Waals surface area contributed by atoms with Crippen molar-refractivity contribution in [1.29, 1.82) is 0 Å². The van der Waals surface area contributed by atoms with E-state index in [9.17, 15) is 19.2 Å². The maximum atomic E-state index is 11.6. The van der Waals surface area contributed by atoms with Gasteiger partial charge in [0.25, 0.3) is 0 Å².